The number of aromatic carboxylic acids is 1. The Labute approximate surface area is 117 Å². The Kier molecular flexibility index (Phi) is 4.79. The van der Waals surface area contributed by atoms with Crippen LogP contribution in [0.1, 0.15) is 23.3 Å². The number of carbonyl (C=O) groups is 2. The first kappa shape index (κ1) is 14.6. The molecule has 1 fully saturated rings. The SMILES string of the molecule is CN(CCOCC1CC1)C(=O)Cn1cccc1C(=O)O. The fourth-order valence-corrected chi connectivity index (χ4v) is 1.87. The van der Waals surface area contributed by atoms with E-state index in [0.29, 0.717) is 19.1 Å². The maximum atomic E-state index is 12.0. The Morgan fingerprint density at radius 3 is 2.90 bits per heavy atom. The summed E-state index contributed by atoms with van der Waals surface area (Å²) in [7, 11) is 1.70. The highest BCUT2D eigenvalue weighted by Gasteiger charge is 2.21. The molecule has 1 aromatic rings. The van der Waals surface area contributed by atoms with Gasteiger partial charge in [-0.05, 0) is 30.9 Å². The van der Waals surface area contributed by atoms with Gasteiger partial charge >= 0.3 is 5.97 Å². The van der Waals surface area contributed by atoms with Gasteiger partial charge in [-0.15, -0.1) is 0 Å². The van der Waals surface area contributed by atoms with Gasteiger partial charge < -0.3 is 19.3 Å². The molecule has 1 heterocycles. The largest absolute Gasteiger partial charge is 0.477 e. The number of carboxylic acids is 1. The average molecular weight is 280 g/mol. The first-order valence-electron chi connectivity index (χ1n) is 6.78. The molecule has 1 aliphatic rings. The van der Waals surface area contributed by atoms with Crippen LogP contribution < -0.4 is 0 Å². The van der Waals surface area contributed by atoms with E-state index in [9.17, 15) is 9.59 Å². The molecule has 1 N–H and O–H groups in total. The number of rotatable bonds is 8. The predicted molar refractivity (Wildman–Crippen MR) is 72.6 cm³/mol. The highest BCUT2D eigenvalue weighted by Crippen LogP contribution is 2.28. The Morgan fingerprint density at radius 2 is 2.25 bits per heavy atom. The first-order chi connectivity index (χ1) is 9.58. The van der Waals surface area contributed by atoms with Crippen LogP contribution in [0.25, 0.3) is 0 Å². The third kappa shape index (κ3) is 4.09. The molecule has 0 bridgehead atoms. The van der Waals surface area contributed by atoms with E-state index in [1.54, 1.807) is 24.2 Å². The summed E-state index contributed by atoms with van der Waals surface area (Å²) >= 11 is 0. The van der Waals surface area contributed by atoms with Crippen molar-refractivity contribution in [1.29, 1.82) is 0 Å². The summed E-state index contributed by atoms with van der Waals surface area (Å²) in [4.78, 5) is 24.5. The smallest absolute Gasteiger partial charge is 0.352 e. The minimum Gasteiger partial charge on any atom is -0.477 e. The summed E-state index contributed by atoms with van der Waals surface area (Å²) < 4.78 is 6.92. The van der Waals surface area contributed by atoms with Gasteiger partial charge in [0.05, 0.1) is 6.61 Å². The summed E-state index contributed by atoms with van der Waals surface area (Å²) in [6, 6.07) is 3.10. The molecule has 1 aliphatic carbocycles. The van der Waals surface area contributed by atoms with E-state index >= 15 is 0 Å². The Balaban J connectivity index is 1.74. The van der Waals surface area contributed by atoms with Gasteiger partial charge in [0.2, 0.25) is 5.91 Å². The second-order valence-corrected chi connectivity index (χ2v) is 5.16. The molecule has 0 aliphatic heterocycles. The predicted octanol–water partition coefficient (Wildman–Crippen LogP) is 1.07. The number of hydrogen-bond acceptors (Lipinski definition) is 3. The molecule has 20 heavy (non-hydrogen) atoms. The molecule has 0 radical (unpaired) electrons. The first-order valence-corrected chi connectivity index (χ1v) is 6.78. The molecule has 0 saturated heterocycles. The van der Waals surface area contributed by atoms with Gasteiger partial charge in [-0.1, -0.05) is 0 Å². The van der Waals surface area contributed by atoms with Crippen LogP contribution in [-0.4, -0.2) is 53.3 Å². The monoisotopic (exact) mass is 280 g/mol. The Bertz CT molecular complexity index is 479. The number of nitrogens with zero attached hydrogens (tertiary/aromatic N) is 2. The van der Waals surface area contributed by atoms with Crippen LogP contribution in [0.5, 0.6) is 0 Å². The zero-order chi connectivity index (χ0) is 14.5. The summed E-state index contributed by atoms with van der Waals surface area (Å²) in [5, 5.41) is 8.97. The topological polar surface area (TPSA) is 71.8 Å². The molecule has 0 aromatic carbocycles. The molecule has 1 saturated carbocycles. The van der Waals surface area contributed by atoms with Crippen LogP contribution in [-0.2, 0) is 16.1 Å². The van der Waals surface area contributed by atoms with Crippen LogP contribution in [0.15, 0.2) is 18.3 Å². The van der Waals surface area contributed by atoms with Crippen LogP contribution in [0.2, 0.25) is 0 Å². The second kappa shape index (κ2) is 6.56. The summed E-state index contributed by atoms with van der Waals surface area (Å²) in [5.74, 6) is -0.439. The molecule has 6 heteroatoms. The van der Waals surface area contributed by atoms with Gasteiger partial charge in [-0.25, -0.2) is 4.79 Å². The highest BCUT2D eigenvalue weighted by atomic mass is 16.5. The maximum absolute atomic E-state index is 12.0. The van der Waals surface area contributed by atoms with E-state index < -0.39 is 5.97 Å². The number of aromatic nitrogens is 1. The van der Waals surface area contributed by atoms with Crippen LogP contribution >= 0.6 is 0 Å². The molecule has 1 amide bonds. The van der Waals surface area contributed by atoms with Crippen molar-refractivity contribution >= 4 is 11.9 Å². The molecular formula is C14H20N2O4. The zero-order valence-corrected chi connectivity index (χ0v) is 11.6. The van der Waals surface area contributed by atoms with E-state index in [4.69, 9.17) is 9.84 Å². The number of carbonyl (C=O) groups excluding carboxylic acids is 1. The maximum Gasteiger partial charge on any atom is 0.352 e. The number of likely N-dealkylation sites (N-methyl/N-ethyl adjacent to an activating group) is 1. The summed E-state index contributed by atoms with van der Waals surface area (Å²) in [6.45, 7) is 1.86. The Morgan fingerprint density at radius 1 is 1.50 bits per heavy atom. The van der Waals surface area contributed by atoms with Gasteiger partial charge in [0.25, 0.3) is 0 Å². The molecule has 0 unspecified atom stereocenters. The van der Waals surface area contributed by atoms with Gasteiger partial charge in [0.15, 0.2) is 0 Å². The van der Waals surface area contributed by atoms with Gasteiger partial charge in [0.1, 0.15) is 12.2 Å². The Hall–Kier alpha value is -1.82. The molecule has 2 rings (SSSR count). The fourth-order valence-electron chi connectivity index (χ4n) is 1.87. The van der Waals surface area contributed by atoms with Crippen LogP contribution in [0, 0.1) is 5.92 Å². The van der Waals surface area contributed by atoms with E-state index in [1.165, 1.54) is 23.5 Å². The lowest BCUT2D eigenvalue weighted by Crippen LogP contribution is -2.33. The lowest BCUT2D eigenvalue weighted by atomic mass is 10.4. The van der Waals surface area contributed by atoms with Crippen molar-refractivity contribution in [1.82, 2.24) is 9.47 Å². The molecule has 6 nitrogen and oxygen atoms in total. The summed E-state index contributed by atoms with van der Waals surface area (Å²) in [6.07, 6.45) is 4.10. The lowest BCUT2D eigenvalue weighted by molar-refractivity contribution is -0.131. The molecule has 110 valence electrons. The highest BCUT2D eigenvalue weighted by molar-refractivity contribution is 5.86. The normalized spacial score (nSPS) is 14.2. The standard InChI is InChI=1S/C14H20N2O4/c1-15(7-8-20-10-11-4-5-11)13(17)9-16-6-2-3-12(16)14(18)19/h2-3,6,11H,4-5,7-10H2,1H3,(H,18,19). The number of carboxylic acid groups (broad SMARTS) is 1. The van der Waals surface area contributed by atoms with Crippen molar-refractivity contribution in [2.45, 2.75) is 19.4 Å². The minimum atomic E-state index is -1.03. The molecule has 0 atom stereocenters. The van der Waals surface area contributed by atoms with Gasteiger partial charge in [-0.2, -0.15) is 0 Å². The third-order valence-corrected chi connectivity index (χ3v) is 3.40. The minimum absolute atomic E-state index is 0.0355. The van der Waals surface area contributed by atoms with Gasteiger partial charge in [-0.3, -0.25) is 4.79 Å². The second-order valence-electron chi connectivity index (χ2n) is 5.16. The summed E-state index contributed by atoms with van der Waals surface area (Å²) in [5.41, 5.74) is 0.122. The van der Waals surface area contributed by atoms with E-state index in [-0.39, 0.29) is 18.1 Å². The van der Waals surface area contributed by atoms with Crippen LogP contribution in [0.4, 0.5) is 0 Å². The molecule has 0 spiro atoms. The van der Waals surface area contributed by atoms with E-state index in [2.05, 4.69) is 0 Å². The quantitative estimate of drug-likeness (QED) is 0.723. The third-order valence-electron chi connectivity index (χ3n) is 3.40. The number of amides is 1. The van der Waals surface area contributed by atoms with Crippen molar-refractivity contribution in [2.24, 2.45) is 5.92 Å². The van der Waals surface area contributed by atoms with Crippen molar-refractivity contribution in [3.05, 3.63) is 24.0 Å². The van der Waals surface area contributed by atoms with Crippen molar-refractivity contribution in [2.75, 3.05) is 26.8 Å². The van der Waals surface area contributed by atoms with E-state index in [0.717, 1.165) is 6.61 Å². The van der Waals surface area contributed by atoms with Crippen molar-refractivity contribution < 1.29 is 19.4 Å². The van der Waals surface area contributed by atoms with Gasteiger partial charge in [0, 0.05) is 26.4 Å². The zero-order valence-electron chi connectivity index (χ0n) is 11.6. The number of ether oxygens (including phenoxy) is 1. The average Bonchev–Trinajstić information content (AvgIpc) is 3.11. The molecule has 1 aromatic heterocycles. The fraction of sp³-hybridized carbons (Fsp3) is 0.571. The van der Waals surface area contributed by atoms with Crippen molar-refractivity contribution in [3.8, 4) is 0 Å². The van der Waals surface area contributed by atoms with E-state index in [1.807, 2.05) is 0 Å². The van der Waals surface area contributed by atoms with Crippen molar-refractivity contribution in [3.63, 3.8) is 0 Å². The number of hydrogen-bond donors (Lipinski definition) is 1. The lowest BCUT2D eigenvalue weighted by Gasteiger charge is -2.18. The molecular weight excluding hydrogens is 260 g/mol. The van der Waals surface area contributed by atoms with Crippen LogP contribution in [0.3, 0.4) is 0 Å².